The molecule has 1 fully saturated rings. The normalized spacial score (nSPS) is 19.3. The van der Waals surface area contributed by atoms with Crippen LogP contribution in [0, 0.1) is 12.7 Å². The summed E-state index contributed by atoms with van der Waals surface area (Å²) in [6.07, 6.45) is 1.59. The molecule has 1 amide bonds. The maximum atomic E-state index is 13.5. The molecule has 1 unspecified atom stereocenters. The Hall–Kier alpha value is -1.18. The van der Waals surface area contributed by atoms with E-state index in [9.17, 15) is 17.6 Å². The SMILES string of the molecule is Cc1c(C(=O)NC2CCCOC2)cc(F)cc1S(=O)(=O)Cl. The van der Waals surface area contributed by atoms with Crippen LogP contribution in [0.1, 0.15) is 28.8 Å². The maximum Gasteiger partial charge on any atom is 0.261 e. The van der Waals surface area contributed by atoms with E-state index in [1.54, 1.807) is 0 Å². The third kappa shape index (κ3) is 3.93. The van der Waals surface area contributed by atoms with E-state index >= 15 is 0 Å². The molecule has 0 spiro atoms. The number of carbonyl (C=O) groups is 1. The van der Waals surface area contributed by atoms with Gasteiger partial charge in [-0.2, -0.15) is 0 Å². The number of hydrogen-bond donors (Lipinski definition) is 1. The molecule has 1 aliphatic heterocycles. The van der Waals surface area contributed by atoms with Gasteiger partial charge in [0.2, 0.25) is 0 Å². The second-order valence-corrected chi connectivity index (χ2v) is 7.44. The summed E-state index contributed by atoms with van der Waals surface area (Å²) in [5.41, 5.74) is 0.0837. The van der Waals surface area contributed by atoms with E-state index in [1.807, 2.05) is 0 Å². The molecule has 0 bridgehead atoms. The molecule has 1 aliphatic rings. The average molecular weight is 336 g/mol. The minimum Gasteiger partial charge on any atom is -0.379 e. The van der Waals surface area contributed by atoms with Gasteiger partial charge in [-0.3, -0.25) is 4.79 Å². The van der Waals surface area contributed by atoms with Crippen molar-refractivity contribution in [2.45, 2.75) is 30.7 Å². The van der Waals surface area contributed by atoms with Crippen molar-refractivity contribution in [2.75, 3.05) is 13.2 Å². The van der Waals surface area contributed by atoms with Crippen molar-refractivity contribution in [2.24, 2.45) is 0 Å². The number of hydrogen-bond acceptors (Lipinski definition) is 4. The topological polar surface area (TPSA) is 72.5 Å². The molecule has 0 radical (unpaired) electrons. The van der Waals surface area contributed by atoms with E-state index in [0.29, 0.717) is 13.2 Å². The first kappa shape index (κ1) is 16.2. The molecule has 0 aliphatic carbocycles. The number of nitrogens with one attached hydrogen (secondary N) is 1. The van der Waals surface area contributed by atoms with Gasteiger partial charge in [-0.05, 0) is 37.5 Å². The van der Waals surface area contributed by atoms with Gasteiger partial charge in [-0.15, -0.1) is 0 Å². The molecule has 116 valence electrons. The van der Waals surface area contributed by atoms with Crippen molar-refractivity contribution in [3.63, 3.8) is 0 Å². The zero-order valence-corrected chi connectivity index (χ0v) is 12.9. The predicted octanol–water partition coefficient (Wildman–Crippen LogP) is 1.97. The van der Waals surface area contributed by atoms with Crippen LogP contribution in [0.25, 0.3) is 0 Å². The molecule has 5 nitrogen and oxygen atoms in total. The second-order valence-electron chi connectivity index (χ2n) is 4.90. The Morgan fingerprint density at radius 1 is 1.48 bits per heavy atom. The molecule has 1 atom stereocenters. The van der Waals surface area contributed by atoms with E-state index in [2.05, 4.69) is 5.32 Å². The van der Waals surface area contributed by atoms with E-state index < -0.39 is 25.7 Å². The predicted molar refractivity (Wildman–Crippen MR) is 75.5 cm³/mol. The molecule has 1 aromatic rings. The van der Waals surface area contributed by atoms with Crippen LogP contribution in [-0.4, -0.2) is 33.6 Å². The Morgan fingerprint density at radius 2 is 2.19 bits per heavy atom. The van der Waals surface area contributed by atoms with Gasteiger partial charge in [0.15, 0.2) is 0 Å². The number of ether oxygens (including phenoxy) is 1. The highest BCUT2D eigenvalue weighted by Crippen LogP contribution is 2.24. The van der Waals surface area contributed by atoms with Crippen LogP contribution in [0.15, 0.2) is 17.0 Å². The Labute approximate surface area is 126 Å². The van der Waals surface area contributed by atoms with Crippen molar-refractivity contribution < 1.29 is 22.3 Å². The summed E-state index contributed by atoms with van der Waals surface area (Å²) in [4.78, 5) is 11.8. The number of amides is 1. The molecule has 21 heavy (non-hydrogen) atoms. The van der Waals surface area contributed by atoms with Crippen LogP contribution in [0.3, 0.4) is 0 Å². The van der Waals surface area contributed by atoms with Gasteiger partial charge in [0.1, 0.15) is 5.82 Å². The van der Waals surface area contributed by atoms with Gasteiger partial charge >= 0.3 is 0 Å². The van der Waals surface area contributed by atoms with Crippen molar-refractivity contribution in [3.05, 3.63) is 29.1 Å². The smallest absolute Gasteiger partial charge is 0.261 e. The average Bonchev–Trinajstić information content (AvgIpc) is 2.40. The number of halogens is 2. The minimum atomic E-state index is -4.12. The Bertz CT molecular complexity index is 656. The van der Waals surface area contributed by atoms with Crippen molar-refractivity contribution in [1.29, 1.82) is 0 Å². The largest absolute Gasteiger partial charge is 0.379 e. The first-order valence-electron chi connectivity index (χ1n) is 6.42. The van der Waals surface area contributed by atoms with Crippen LogP contribution in [0.4, 0.5) is 4.39 Å². The zero-order chi connectivity index (χ0) is 15.6. The summed E-state index contributed by atoms with van der Waals surface area (Å²) in [6.45, 7) is 2.46. The van der Waals surface area contributed by atoms with Crippen LogP contribution in [0.2, 0.25) is 0 Å². The number of carbonyl (C=O) groups excluding carboxylic acids is 1. The van der Waals surface area contributed by atoms with E-state index in [-0.39, 0.29) is 17.2 Å². The molecule has 1 aromatic carbocycles. The van der Waals surface area contributed by atoms with Gasteiger partial charge in [0.25, 0.3) is 15.0 Å². The minimum absolute atomic E-state index is 0.0419. The van der Waals surface area contributed by atoms with Crippen LogP contribution < -0.4 is 5.32 Å². The lowest BCUT2D eigenvalue weighted by molar-refractivity contribution is 0.0623. The molecular formula is C13H15ClFNO4S. The number of benzene rings is 1. The molecule has 1 N–H and O–H groups in total. The fraction of sp³-hybridized carbons (Fsp3) is 0.462. The lowest BCUT2D eigenvalue weighted by atomic mass is 10.1. The fourth-order valence-electron chi connectivity index (χ4n) is 2.26. The Balaban J connectivity index is 2.30. The van der Waals surface area contributed by atoms with Crippen LogP contribution in [0.5, 0.6) is 0 Å². The fourth-order valence-corrected chi connectivity index (χ4v) is 3.47. The van der Waals surface area contributed by atoms with E-state index in [1.165, 1.54) is 6.92 Å². The zero-order valence-electron chi connectivity index (χ0n) is 11.4. The molecule has 1 saturated heterocycles. The Kier molecular flexibility index (Phi) is 4.85. The van der Waals surface area contributed by atoms with E-state index in [0.717, 1.165) is 25.0 Å². The first-order valence-corrected chi connectivity index (χ1v) is 8.73. The van der Waals surface area contributed by atoms with Crippen LogP contribution in [-0.2, 0) is 13.8 Å². The maximum absolute atomic E-state index is 13.5. The summed E-state index contributed by atoms with van der Waals surface area (Å²) in [5, 5.41) is 2.71. The van der Waals surface area contributed by atoms with Gasteiger partial charge in [0.05, 0.1) is 17.5 Å². The van der Waals surface area contributed by atoms with Gasteiger partial charge < -0.3 is 10.1 Å². The molecule has 8 heteroatoms. The summed E-state index contributed by atoms with van der Waals surface area (Å²) in [6, 6.07) is 1.64. The standard InChI is InChI=1S/C13H15ClFNO4S/c1-8-11(5-9(15)6-12(8)21(14,18)19)13(17)16-10-3-2-4-20-7-10/h5-6,10H,2-4,7H2,1H3,(H,16,17). The molecule has 0 saturated carbocycles. The summed E-state index contributed by atoms with van der Waals surface area (Å²) >= 11 is 0. The summed E-state index contributed by atoms with van der Waals surface area (Å²) in [5.74, 6) is -1.37. The quantitative estimate of drug-likeness (QED) is 0.857. The number of rotatable bonds is 3. The summed E-state index contributed by atoms with van der Waals surface area (Å²) < 4.78 is 41.6. The third-order valence-electron chi connectivity index (χ3n) is 3.33. The highest BCUT2D eigenvalue weighted by atomic mass is 35.7. The molecular weight excluding hydrogens is 321 g/mol. The highest BCUT2D eigenvalue weighted by molar-refractivity contribution is 8.13. The lowest BCUT2D eigenvalue weighted by Gasteiger charge is -2.23. The van der Waals surface area contributed by atoms with Gasteiger partial charge in [-0.25, -0.2) is 12.8 Å². The van der Waals surface area contributed by atoms with Crippen LogP contribution >= 0.6 is 10.7 Å². The molecule has 0 aromatic heterocycles. The first-order chi connectivity index (χ1) is 9.79. The Morgan fingerprint density at radius 3 is 2.76 bits per heavy atom. The third-order valence-corrected chi connectivity index (χ3v) is 4.78. The molecule has 2 rings (SSSR count). The van der Waals surface area contributed by atoms with Gasteiger partial charge in [0, 0.05) is 22.9 Å². The lowest BCUT2D eigenvalue weighted by Crippen LogP contribution is -2.41. The highest BCUT2D eigenvalue weighted by Gasteiger charge is 2.23. The summed E-state index contributed by atoms with van der Waals surface area (Å²) in [7, 11) is 1.14. The van der Waals surface area contributed by atoms with Crippen molar-refractivity contribution in [1.82, 2.24) is 5.32 Å². The second kappa shape index (κ2) is 6.29. The van der Waals surface area contributed by atoms with Crippen molar-refractivity contribution >= 4 is 25.6 Å². The van der Waals surface area contributed by atoms with Crippen molar-refractivity contribution in [3.8, 4) is 0 Å². The monoisotopic (exact) mass is 335 g/mol. The van der Waals surface area contributed by atoms with Gasteiger partial charge in [-0.1, -0.05) is 0 Å². The molecule has 1 heterocycles. The van der Waals surface area contributed by atoms with E-state index in [4.69, 9.17) is 15.4 Å².